The van der Waals surface area contributed by atoms with Crippen molar-refractivity contribution in [3.63, 3.8) is 0 Å². The van der Waals surface area contributed by atoms with E-state index in [1.54, 1.807) is 0 Å². The van der Waals surface area contributed by atoms with E-state index in [4.69, 9.17) is 0 Å². The van der Waals surface area contributed by atoms with E-state index >= 15 is 0 Å². The fourth-order valence-electron chi connectivity index (χ4n) is 3.26. The van der Waals surface area contributed by atoms with Crippen LogP contribution in [0.4, 0.5) is 0 Å². The zero-order valence-corrected chi connectivity index (χ0v) is 10.5. The molecule has 1 aliphatic heterocycles. The van der Waals surface area contributed by atoms with Gasteiger partial charge in [0.25, 0.3) is 0 Å². The summed E-state index contributed by atoms with van der Waals surface area (Å²) in [5, 5.41) is 3.42. The highest BCUT2D eigenvalue weighted by Gasteiger charge is 2.43. The van der Waals surface area contributed by atoms with Crippen LogP contribution in [0.3, 0.4) is 0 Å². The molecule has 15 heavy (non-hydrogen) atoms. The Hall–Kier alpha value is -0.0800. The van der Waals surface area contributed by atoms with Crippen LogP contribution >= 0.6 is 0 Å². The lowest BCUT2D eigenvalue weighted by molar-refractivity contribution is 0.123. The Labute approximate surface area is 94.4 Å². The van der Waals surface area contributed by atoms with Gasteiger partial charge in [0.1, 0.15) is 0 Å². The maximum atomic E-state index is 3.42. The van der Waals surface area contributed by atoms with Crippen LogP contribution < -0.4 is 5.32 Å². The highest BCUT2D eigenvalue weighted by molar-refractivity contribution is 4.98. The zero-order valence-electron chi connectivity index (χ0n) is 10.5. The molecule has 2 nitrogen and oxygen atoms in total. The Kier molecular flexibility index (Phi) is 3.68. The van der Waals surface area contributed by atoms with E-state index < -0.39 is 0 Å². The van der Waals surface area contributed by atoms with Gasteiger partial charge in [0, 0.05) is 24.7 Å². The molecule has 0 bridgehead atoms. The first-order valence-corrected chi connectivity index (χ1v) is 6.69. The van der Waals surface area contributed by atoms with Crippen molar-refractivity contribution < 1.29 is 0 Å². The van der Waals surface area contributed by atoms with Crippen LogP contribution in [0.15, 0.2) is 0 Å². The highest BCUT2D eigenvalue weighted by atomic mass is 15.2. The molecular weight excluding hydrogens is 184 g/mol. The summed E-state index contributed by atoms with van der Waals surface area (Å²) in [5.74, 6) is 1.03. The lowest BCUT2D eigenvalue weighted by Gasteiger charge is -2.38. The van der Waals surface area contributed by atoms with Crippen LogP contribution in [0.2, 0.25) is 0 Å². The molecule has 2 fully saturated rings. The summed E-state index contributed by atoms with van der Waals surface area (Å²) in [6.45, 7) is 6.04. The molecule has 1 N–H and O–H groups in total. The van der Waals surface area contributed by atoms with Gasteiger partial charge in [-0.15, -0.1) is 0 Å². The van der Waals surface area contributed by atoms with Crippen molar-refractivity contribution in [1.82, 2.24) is 10.2 Å². The number of hydrogen-bond donors (Lipinski definition) is 1. The minimum atomic E-state index is 0.764. The zero-order chi connectivity index (χ0) is 10.8. The van der Waals surface area contributed by atoms with Crippen molar-refractivity contribution in [3.8, 4) is 0 Å². The van der Waals surface area contributed by atoms with E-state index in [1.165, 1.54) is 38.6 Å². The number of piperidine rings is 1. The molecule has 4 unspecified atom stereocenters. The fourth-order valence-corrected chi connectivity index (χ4v) is 3.26. The summed E-state index contributed by atoms with van der Waals surface area (Å²) in [6.07, 6.45) is 6.97. The van der Waals surface area contributed by atoms with Crippen molar-refractivity contribution in [2.75, 3.05) is 13.6 Å². The maximum absolute atomic E-state index is 3.42. The lowest BCUT2D eigenvalue weighted by Crippen LogP contribution is -2.47. The Morgan fingerprint density at radius 3 is 2.73 bits per heavy atom. The Morgan fingerprint density at radius 2 is 2.13 bits per heavy atom. The van der Waals surface area contributed by atoms with Crippen molar-refractivity contribution in [3.05, 3.63) is 0 Å². The first kappa shape index (κ1) is 11.4. The van der Waals surface area contributed by atoms with Gasteiger partial charge in [-0.1, -0.05) is 13.3 Å². The molecule has 1 aliphatic carbocycles. The third-order valence-corrected chi connectivity index (χ3v) is 4.31. The van der Waals surface area contributed by atoms with Gasteiger partial charge in [0.15, 0.2) is 0 Å². The second kappa shape index (κ2) is 4.84. The quantitative estimate of drug-likeness (QED) is 0.765. The third kappa shape index (κ3) is 2.54. The first-order valence-electron chi connectivity index (χ1n) is 6.69. The lowest BCUT2D eigenvalue weighted by atomic mass is 9.98. The van der Waals surface area contributed by atoms with Crippen molar-refractivity contribution in [1.29, 1.82) is 0 Å². The van der Waals surface area contributed by atoms with Crippen molar-refractivity contribution in [2.24, 2.45) is 5.92 Å². The molecular formula is C13H26N2. The van der Waals surface area contributed by atoms with Gasteiger partial charge in [0.05, 0.1) is 0 Å². The van der Waals surface area contributed by atoms with Crippen LogP contribution in [0.25, 0.3) is 0 Å². The molecule has 0 aromatic rings. The minimum absolute atomic E-state index is 0.764. The number of nitrogens with one attached hydrogen (secondary N) is 1. The summed E-state index contributed by atoms with van der Waals surface area (Å²) in [7, 11) is 2.10. The van der Waals surface area contributed by atoms with E-state index in [-0.39, 0.29) is 0 Å². The van der Waals surface area contributed by atoms with Gasteiger partial charge >= 0.3 is 0 Å². The predicted molar refractivity (Wildman–Crippen MR) is 65.1 cm³/mol. The molecule has 1 heterocycles. The molecule has 0 spiro atoms. The summed E-state index contributed by atoms with van der Waals surface area (Å²) in [5.41, 5.74) is 0. The molecule has 2 heteroatoms. The van der Waals surface area contributed by atoms with E-state index in [1.807, 2.05) is 0 Å². The molecule has 0 aromatic heterocycles. The summed E-state index contributed by atoms with van der Waals surface area (Å²) < 4.78 is 0. The number of hydrogen-bond acceptors (Lipinski definition) is 2. The molecule has 88 valence electrons. The number of nitrogens with zero attached hydrogens (tertiary/aromatic N) is 1. The van der Waals surface area contributed by atoms with Gasteiger partial charge in [-0.05, 0) is 45.6 Å². The standard InChI is InChI=1S/C13H26N2/c1-4-5-11-9-13(11)15-7-6-12(14-3)8-10(15)2/h10-14H,4-9H2,1-3H3. The Bertz CT molecular complexity index is 203. The van der Waals surface area contributed by atoms with Gasteiger partial charge in [-0.3, -0.25) is 4.90 Å². The highest BCUT2D eigenvalue weighted by Crippen LogP contribution is 2.41. The Balaban J connectivity index is 1.80. The third-order valence-electron chi connectivity index (χ3n) is 4.31. The number of rotatable bonds is 4. The largest absolute Gasteiger partial charge is 0.317 e. The van der Waals surface area contributed by atoms with Crippen LogP contribution in [0, 0.1) is 5.92 Å². The van der Waals surface area contributed by atoms with Gasteiger partial charge in [-0.25, -0.2) is 0 Å². The summed E-state index contributed by atoms with van der Waals surface area (Å²) in [6, 6.07) is 2.50. The molecule has 2 aliphatic rings. The molecule has 0 amide bonds. The fraction of sp³-hybridized carbons (Fsp3) is 1.00. The summed E-state index contributed by atoms with van der Waals surface area (Å²) >= 11 is 0. The molecule has 4 atom stereocenters. The van der Waals surface area contributed by atoms with Gasteiger partial charge in [0.2, 0.25) is 0 Å². The average Bonchev–Trinajstić information content (AvgIpc) is 2.97. The van der Waals surface area contributed by atoms with E-state index in [0.717, 1.165) is 24.0 Å². The Morgan fingerprint density at radius 1 is 1.33 bits per heavy atom. The van der Waals surface area contributed by atoms with E-state index in [9.17, 15) is 0 Å². The predicted octanol–water partition coefficient (Wildman–Crippen LogP) is 2.25. The molecule has 2 rings (SSSR count). The second-order valence-electron chi connectivity index (χ2n) is 5.45. The van der Waals surface area contributed by atoms with E-state index in [0.29, 0.717) is 0 Å². The molecule has 1 saturated carbocycles. The topological polar surface area (TPSA) is 15.3 Å². The molecule has 1 saturated heterocycles. The minimum Gasteiger partial charge on any atom is -0.317 e. The number of likely N-dealkylation sites (tertiary alicyclic amines) is 1. The molecule has 0 radical (unpaired) electrons. The van der Waals surface area contributed by atoms with Crippen molar-refractivity contribution in [2.45, 2.75) is 64.1 Å². The first-order chi connectivity index (χ1) is 7.26. The average molecular weight is 210 g/mol. The maximum Gasteiger partial charge on any atom is 0.0130 e. The monoisotopic (exact) mass is 210 g/mol. The summed E-state index contributed by atoms with van der Waals surface area (Å²) in [4.78, 5) is 2.77. The van der Waals surface area contributed by atoms with Crippen LogP contribution in [-0.4, -0.2) is 36.6 Å². The van der Waals surface area contributed by atoms with Crippen LogP contribution in [0.5, 0.6) is 0 Å². The van der Waals surface area contributed by atoms with Crippen LogP contribution in [-0.2, 0) is 0 Å². The van der Waals surface area contributed by atoms with Crippen LogP contribution in [0.1, 0.15) is 46.0 Å². The van der Waals surface area contributed by atoms with Gasteiger partial charge in [-0.2, -0.15) is 0 Å². The SMILES string of the molecule is CCCC1CC1N1CCC(NC)CC1C. The normalized spacial score (nSPS) is 41.8. The van der Waals surface area contributed by atoms with Gasteiger partial charge < -0.3 is 5.32 Å². The second-order valence-corrected chi connectivity index (χ2v) is 5.45. The van der Waals surface area contributed by atoms with E-state index in [2.05, 4.69) is 31.1 Å². The molecule has 0 aromatic carbocycles. The van der Waals surface area contributed by atoms with Crippen molar-refractivity contribution >= 4 is 0 Å². The smallest absolute Gasteiger partial charge is 0.0130 e.